The van der Waals surface area contributed by atoms with Gasteiger partial charge in [-0.2, -0.15) is 0 Å². The van der Waals surface area contributed by atoms with Gasteiger partial charge in [-0.05, 0) is 44.0 Å². The Morgan fingerprint density at radius 2 is 2.11 bits per heavy atom. The number of carbonyl (C=O) groups is 1. The van der Waals surface area contributed by atoms with Gasteiger partial charge in [0.05, 0.1) is 13.7 Å². The first-order valence-corrected chi connectivity index (χ1v) is 6.78. The molecule has 4 nitrogen and oxygen atoms in total. The molecule has 0 spiro atoms. The minimum absolute atomic E-state index is 0.0865. The Kier molecular flexibility index (Phi) is 4.80. The number of methoxy groups -OCH3 is 1. The Bertz CT molecular complexity index is 416. The second kappa shape index (κ2) is 6.57. The van der Waals surface area contributed by atoms with E-state index in [9.17, 15) is 4.79 Å². The summed E-state index contributed by atoms with van der Waals surface area (Å²) in [5, 5.41) is 0. The third-order valence-corrected chi connectivity index (χ3v) is 3.46. The number of hydrogen-bond donors (Lipinski definition) is 0. The fraction of sp³-hybridized carbons (Fsp3) is 0.533. The number of carbonyl (C=O) groups excluding carboxylic acids is 1. The first-order chi connectivity index (χ1) is 9.24. The average Bonchev–Trinajstić information content (AvgIpc) is 2.88. The Morgan fingerprint density at radius 3 is 2.74 bits per heavy atom. The summed E-state index contributed by atoms with van der Waals surface area (Å²) in [4.78, 5) is 13.9. The van der Waals surface area contributed by atoms with Gasteiger partial charge in [0.2, 0.25) is 0 Å². The smallest absolute Gasteiger partial charge is 0.323 e. The van der Waals surface area contributed by atoms with Crippen LogP contribution in [0.4, 0.5) is 0 Å². The van der Waals surface area contributed by atoms with Crippen molar-refractivity contribution in [3.8, 4) is 5.75 Å². The fourth-order valence-corrected chi connectivity index (χ4v) is 2.51. The molecule has 1 aromatic rings. The molecule has 0 saturated carbocycles. The molecule has 0 aromatic heterocycles. The highest BCUT2D eigenvalue weighted by atomic mass is 16.5. The normalized spacial score (nSPS) is 19.4. The molecule has 0 amide bonds. The molecule has 0 N–H and O–H groups in total. The van der Waals surface area contributed by atoms with Crippen LogP contribution in [0.2, 0.25) is 0 Å². The SMILES string of the molecule is CCOc1ccc(CN2CCCC2C(=O)OC)cc1. The summed E-state index contributed by atoms with van der Waals surface area (Å²) in [6.07, 6.45) is 1.94. The van der Waals surface area contributed by atoms with Crippen molar-refractivity contribution in [3.63, 3.8) is 0 Å². The predicted molar refractivity (Wildman–Crippen MR) is 73.1 cm³/mol. The van der Waals surface area contributed by atoms with Crippen LogP contribution in [0.15, 0.2) is 24.3 Å². The lowest BCUT2D eigenvalue weighted by Gasteiger charge is -2.22. The second-order valence-corrected chi connectivity index (χ2v) is 4.73. The van der Waals surface area contributed by atoms with Gasteiger partial charge in [0.1, 0.15) is 11.8 Å². The molecular weight excluding hydrogens is 242 g/mol. The van der Waals surface area contributed by atoms with Crippen LogP contribution in [-0.2, 0) is 16.1 Å². The summed E-state index contributed by atoms with van der Waals surface area (Å²) >= 11 is 0. The van der Waals surface area contributed by atoms with Crippen LogP contribution in [0.5, 0.6) is 5.75 Å². The van der Waals surface area contributed by atoms with Gasteiger partial charge >= 0.3 is 5.97 Å². The van der Waals surface area contributed by atoms with Crippen LogP contribution >= 0.6 is 0 Å². The van der Waals surface area contributed by atoms with Gasteiger partial charge in [-0.25, -0.2) is 0 Å². The van der Waals surface area contributed by atoms with E-state index < -0.39 is 0 Å². The van der Waals surface area contributed by atoms with Crippen LogP contribution < -0.4 is 4.74 Å². The number of rotatable bonds is 5. The molecule has 2 rings (SSSR count). The van der Waals surface area contributed by atoms with E-state index in [2.05, 4.69) is 17.0 Å². The third-order valence-electron chi connectivity index (χ3n) is 3.46. The Labute approximate surface area is 114 Å². The van der Waals surface area contributed by atoms with Gasteiger partial charge in [0, 0.05) is 6.54 Å². The van der Waals surface area contributed by atoms with E-state index in [0.717, 1.165) is 31.7 Å². The maximum absolute atomic E-state index is 11.7. The van der Waals surface area contributed by atoms with Crippen molar-refractivity contribution in [2.75, 3.05) is 20.3 Å². The lowest BCUT2D eigenvalue weighted by Crippen LogP contribution is -2.36. The van der Waals surface area contributed by atoms with Crippen LogP contribution in [0.3, 0.4) is 0 Å². The summed E-state index contributed by atoms with van der Waals surface area (Å²) in [6.45, 7) is 4.38. The van der Waals surface area contributed by atoms with Crippen LogP contribution in [0, 0.1) is 0 Å². The van der Waals surface area contributed by atoms with E-state index in [4.69, 9.17) is 9.47 Å². The molecule has 0 radical (unpaired) electrons. The van der Waals surface area contributed by atoms with Gasteiger partial charge in [0.25, 0.3) is 0 Å². The first-order valence-electron chi connectivity index (χ1n) is 6.78. The number of likely N-dealkylation sites (tertiary alicyclic amines) is 1. The first kappa shape index (κ1) is 13.9. The van der Waals surface area contributed by atoms with Gasteiger partial charge in [-0.1, -0.05) is 12.1 Å². The third kappa shape index (κ3) is 3.47. The molecule has 1 aliphatic heterocycles. The van der Waals surface area contributed by atoms with E-state index >= 15 is 0 Å². The zero-order valence-corrected chi connectivity index (χ0v) is 11.6. The van der Waals surface area contributed by atoms with Crippen LogP contribution in [-0.4, -0.2) is 37.2 Å². The number of ether oxygens (including phenoxy) is 2. The van der Waals surface area contributed by atoms with Crippen LogP contribution in [0.25, 0.3) is 0 Å². The van der Waals surface area contributed by atoms with Gasteiger partial charge in [0.15, 0.2) is 0 Å². The molecule has 19 heavy (non-hydrogen) atoms. The zero-order valence-electron chi connectivity index (χ0n) is 11.6. The van der Waals surface area contributed by atoms with Crippen molar-refractivity contribution >= 4 is 5.97 Å². The monoisotopic (exact) mass is 263 g/mol. The number of nitrogens with zero attached hydrogens (tertiary/aromatic N) is 1. The molecule has 1 atom stereocenters. The highest BCUT2D eigenvalue weighted by Gasteiger charge is 2.31. The number of hydrogen-bond acceptors (Lipinski definition) is 4. The average molecular weight is 263 g/mol. The van der Waals surface area contributed by atoms with E-state index in [1.807, 2.05) is 19.1 Å². The summed E-state index contributed by atoms with van der Waals surface area (Å²) in [6, 6.07) is 7.97. The second-order valence-electron chi connectivity index (χ2n) is 4.73. The number of benzene rings is 1. The maximum Gasteiger partial charge on any atom is 0.323 e. The largest absolute Gasteiger partial charge is 0.494 e. The van der Waals surface area contributed by atoms with E-state index in [1.165, 1.54) is 12.7 Å². The predicted octanol–water partition coefficient (Wildman–Crippen LogP) is 2.22. The maximum atomic E-state index is 11.7. The fourth-order valence-electron chi connectivity index (χ4n) is 2.51. The Balaban J connectivity index is 1.98. The van der Waals surface area contributed by atoms with Crippen molar-refractivity contribution in [2.24, 2.45) is 0 Å². The highest BCUT2D eigenvalue weighted by molar-refractivity contribution is 5.75. The molecule has 4 heteroatoms. The van der Waals surface area contributed by atoms with Crippen molar-refractivity contribution in [1.82, 2.24) is 4.90 Å². The molecule has 0 aliphatic carbocycles. The van der Waals surface area contributed by atoms with E-state index in [0.29, 0.717) is 6.61 Å². The van der Waals surface area contributed by atoms with Gasteiger partial charge < -0.3 is 9.47 Å². The summed E-state index contributed by atoms with van der Waals surface area (Å²) in [7, 11) is 1.45. The summed E-state index contributed by atoms with van der Waals surface area (Å²) in [5.41, 5.74) is 1.19. The van der Waals surface area contributed by atoms with Crippen molar-refractivity contribution < 1.29 is 14.3 Å². The molecule has 104 valence electrons. The molecule has 1 aliphatic rings. The molecular formula is C15H21NO3. The van der Waals surface area contributed by atoms with Crippen molar-refractivity contribution in [1.29, 1.82) is 0 Å². The molecule has 0 bridgehead atoms. The topological polar surface area (TPSA) is 38.8 Å². The minimum Gasteiger partial charge on any atom is -0.494 e. The molecule has 1 unspecified atom stereocenters. The lowest BCUT2D eigenvalue weighted by atomic mass is 10.2. The van der Waals surface area contributed by atoms with Crippen LogP contribution in [0.1, 0.15) is 25.3 Å². The highest BCUT2D eigenvalue weighted by Crippen LogP contribution is 2.22. The quantitative estimate of drug-likeness (QED) is 0.764. The lowest BCUT2D eigenvalue weighted by molar-refractivity contribution is -0.146. The van der Waals surface area contributed by atoms with Crippen molar-refractivity contribution in [3.05, 3.63) is 29.8 Å². The summed E-state index contributed by atoms with van der Waals surface area (Å²) in [5.74, 6) is 0.764. The van der Waals surface area contributed by atoms with Gasteiger partial charge in [-0.3, -0.25) is 9.69 Å². The standard InChI is InChI=1S/C15H21NO3/c1-3-19-13-8-6-12(7-9-13)11-16-10-4-5-14(16)15(17)18-2/h6-9,14H,3-5,10-11H2,1-2H3. The zero-order chi connectivity index (χ0) is 13.7. The summed E-state index contributed by atoms with van der Waals surface area (Å²) < 4.78 is 10.3. The minimum atomic E-state index is -0.122. The molecule has 1 fully saturated rings. The van der Waals surface area contributed by atoms with Crippen molar-refractivity contribution in [2.45, 2.75) is 32.4 Å². The van der Waals surface area contributed by atoms with Gasteiger partial charge in [-0.15, -0.1) is 0 Å². The molecule has 1 saturated heterocycles. The molecule has 1 aromatic carbocycles. The number of esters is 1. The van der Waals surface area contributed by atoms with E-state index in [1.54, 1.807) is 0 Å². The molecule has 1 heterocycles. The van der Waals surface area contributed by atoms with E-state index in [-0.39, 0.29) is 12.0 Å². The Hall–Kier alpha value is -1.55. The Morgan fingerprint density at radius 1 is 1.37 bits per heavy atom.